The summed E-state index contributed by atoms with van der Waals surface area (Å²) < 4.78 is 5.23. The van der Waals surface area contributed by atoms with Crippen LogP contribution in [0.25, 0.3) is 12.2 Å². The van der Waals surface area contributed by atoms with Gasteiger partial charge in [-0.1, -0.05) is 48.6 Å². The number of benzene rings is 2. The first-order valence-electron chi connectivity index (χ1n) is 9.17. The molecule has 0 aliphatic carbocycles. The van der Waals surface area contributed by atoms with E-state index in [1.807, 2.05) is 18.2 Å². The smallest absolute Gasteiger partial charge is 0.118 e. The molecule has 0 radical (unpaired) electrons. The number of anilines is 1. The van der Waals surface area contributed by atoms with Crippen LogP contribution < -0.4 is 15.2 Å². The Morgan fingerprint density at radius 3 is 2.46 bits per heavy atom. The van der Waals surface area contributed by atoms with Gasteiger partial charge in [-0.15, -0.1) is 0 Å². The van der Waals surface area contributed by atoms with Gasteiger partial charge in [-0.2, -0.15) is 11.3 Å². The zero-order valence-corrected chi connectivity index (χ0v) is 16.5. The molecule has 2 heterocycles. The highest BCUT2D eigenvalue weighted by Gasteiger charge is 2.21. The number of methoxy groups -OCH3 is 1. The number of hydrogen-bond acceptors (Lipinski definition) is 4. The van der Waals surface area contributed by atoms with Crippen LogP contribution in [0.5, 0.6) is 5.75 Å². The molecular weight excluding hydrogens is 364 g/mol. The van der Waals surface area contributed by atoms with E-state index in [1.54, 1.807) is 18.4 Å². The summed E-state index contributed by atoms with van der Waals surface area (Å²) >= 11 is 1.71. The minimum atomic E-state index is 0.117. The molecule has 140 valence electrons. The fraction of sp³-hybridized carbons (Fsp3) is 0.0833. The summed E-state index contributed by atoms with van der Waals surface area (Å²) in [5, 5.41) is 6.40. The minimum Gasteiger partial charge on any atom is -0.497 e. The number of para-hydroxylation sites is 1. The van der Waals surface area contributed by atoms with E-state index in [2.05, 4.69) is 94.0 Å². The van der Waals surface area contributed by atoms with E-state index in [9.17, 15) is 0 Å². The Morgan fingerprint density at radius 2 is 1.75 bits per heavy atom. The second-order valence-corrected chi connectivity index (χ2v) is 7.23. The van der Waals surface area contributed by atoms with Crippen LogP contribution in [0.3, 0.4) is 0 Å². The topological polar surface area (TPSA) is 24.5 Å². The average molecular weight is 387 g/mol. The summed E-state index contributed by atoms with van der Waals surface area (Å²) in [5.74, 6) is 0.867. The van der Waals surface area contributed by atoms with Crippen molar-refractivity contribution in [1.29, 1.82) is 0 Å². The summed E-state index contributed by atoms with van der Waals surface area (Å²) in [5.41, 5.74) is 8.09. The third kappa shape index (κ3) is 4.35. The lowest BCUT2D eigenvalue weighted by atomic mass is 10.1. The van der Waals surface area contributed by atoms with Crippen LogP contribution in [0, 0.1) is 0 Å². The van der Waals surface area contributed by atoms with E-state index in [0.717, 1.165) is 22.7 Å². The predicted octanol–water partition coefficient (Wildman–Crippen LogP) is 5.76. The average Bonchev–Trinajstić information content (AvgIpc) is 3.41. The molecule has 28 heavy (non-hydrogen) atoms. The highest BCUT2D eigenvalue weighted by Crippen LogP contribution is 2.24. The van der Waals surface area contributed by atoms with E-state index in [4.69, 9.17) is 4.74 Å². The standard InChI is InChI=1S/C24H22N2OS/c1-27-24-13-9-19(10-14-24)8-12-23-17-21(11-7-20-15-16-28-18-20)25-26(23)22-5-3-2-4-6-22/h2-18,23,25H,1H3. The number of nitrogens with zero attached hydrogens (tertiary/aromatic N) is 1. The van der Waals surface area contributed by atoms with Gasteiger partial charge in [-0.05, 0) is 64.4 Å². The molecule has 1 aliphatic heterocycles. The molecule has 1 N–H and O–H groups in total. The van der Waals surface area contributed by atoms with Crippen LogP contribution >= 0.6 is 11.3 Å². The minimum absolute atomic E-state index is 0.117. The second kappa shape index (κ2) is 8.63. The van der Waals surface area contributed by atoms with Crippen LogP contribution in [-0.4, -0.2) is 13.2 Å². The number of thiophene rings is 1. The van der Waals surface area contributed by atoms with Gasteiger partial charge < -0.3 is 4.74 Å². The molecule has 2 aromatic carbocycles. The van der Waals surface area contributed by atoms with Crippen molar-refractivity contribution in [2.24, 2.45) is 0 Å². The quantitative estimate of drug-likeness (QED) is 0.583. The lowest BCUT2D eigenvalue weighted by Gasteiger charge is -2.25. The Hall–Kier alpha value is -3.24. The van der Waals surface area contributed by atoms with Crippen LogP contribution in [0.2, 0.25) is 0 Å². The first-order valence-corrected chi connectivity index (χ1v) is 10.1. The largest absolute Gasteiger partial charge is 0.497 e. The van der Waals surface area contributed by atoms with E-state index < -0.39 is 0 Å². The summed E-state index contributed by atoms with van der Waals surface area (Å²) in [7, 11) is 1.68. The van der Waals surface area contributed by atoms with Crippen molar-refractivity contribution in [2.75, 3.05) is 12.1 Å². The third-order valence-corrected chi connectivity index (χ3v) is 5.23. The van der Waals surface area contributed by atoms with Crippen LogP contribution in [-0.2, 0) is 0 Å². The third-order valence-electron chi connectivity index (χ3n) is 4.53. The number of rotatable bonds is 6. The van der Waals surface area contributed by atoms with Crippen molar-refractivity contribution in [2.45, 2.75) is 6.04 Å². The lowest BCUT2D eigenvalue weighted by molar-refractivity contribution is 0.415. The van der Waals surface area contributed by atoms with Gasteiger partial charge in [0.25, 0.3) is 0 Å². The highest BCUT2D eigenvalue weighted by molar-refractivity contribution is 7.08. The van der Waals surface area contributed by atoms with Crippen LogP contribution in [0.4, 0.5) is 5.69 Å². The Bertz CT molecular complexity index is 973. The van der Waals surface area contributed by atoms with E-state index in [-0.39, 0.29) is 6.04 Å². The number of ether oxygens (including phenoxy) is 1. The van der Waals surface area contributed by atoms with Gasteiger partial charge in [0.1, 0.15) is 5.75 Å². The van der Waals surface area contributed by atoms with Gasteiger partial charge >= 0.3 is 0 Å². The molecule has 3 nitrogen and oxygen atoms in total. The first-order chi connectivity index (χ1) is 13.8. The van der Waals surface area contributed by atoms with Gasteiger partial charge in [0.05, 0.1) is 24.5 Å². The fourth-order valence-electron chi connectivity index (χ4n) is 3.05. The molecule has 0 fully saturated rings. The van der Waals surface area contributed by atoms with E-state index >= 15 is 0 Å². The van der Waals surface area contributed by atoms with E-state index in [0.29, 0.717) is 0 Å². The number of nitrogens with one attached hydrogen (secondary N) is 1. The van der Waals surface area contributed by atoms with Gasteiger partial charge in [-0.3, -0.25) is 10.4 Å². The van der Waals surface area contributed by atoms with Gasteiger partial charge in [0.15, 0.2) is 0 Å². The van der Waals surface area contributed by atoms with Crippen molar-refractivity contribution in [1.82, 2.24) is 5.43 Å². The molecule has 0 bridgehead atoms. The lowest BCUT2D eigenvalue weighted by Crippen LogP contribution is -2.37. The molecule has 0 saturated heterocycles. The Kier molecular flexibility index (Phi) is 5.59. The van der Waals surface area contributed by atoms with Gasteiger partial charge in [0.2, 0.25) is 0 Å². The van der Waals surface area contributed by atoms with Crippen LogP contribution in [0.1, 0.15) is 11.1 Å². The Labute approximate surface area is 169 Å². The molecule has 4 rings (SSSR count). The molecule has 0 saturated carbocycles. The number of hydrazine groups is 1. The molecule has 4 heteroatoms. The molecule has 1 aliphatic rings. The maximum Gasteiger partial charge on any atom is 0.118 e. The SMILES string of the molecule is COc1ccc(C=CC2C=C(C=Cc3ccsc3)NN2c2ccccc2)cc1. The predicted molar refractivity (Wildman–Crippen MR) is 119 cm³/mol. The van der Waals surface area contributed by atoms with Crippen molar-refractivity contribution in [3.8, 4) is 5.75 Å². The van der Waals surface area contributed by atoms with Crippen LogP contribution in [0.15, 0.2) is 95.3 Å². The molecule has 0 amide bonds. The summed E-state index contributed by atoms with van der Waals surface area (Å²) in [6.07, 6.45) is 10.8. The second-order valence-electron chi connectivity index (χ2n) is 6.45. The van der Waals surface area contributed by atoms with Crippen molar-refractivity contribution < 1.29 is 4.74 Å². The Balaban J connectivity index is 1.56. The summed E-state index contributed by atoms with van der Waals surface area (Å²) in [6.45, 7) is 0. The van der Waals surface area contributed by atoms with E-state index in [1.165, 1.54) is 5.56 Å². The summed E-state index contributed by atoms with van der Waals surface area (Å²) in [4.78, 5) is 0. The highest BCUT2D eigenvalue weighted by atomic mass is 32.1. The van der Waals surface area contributed by atoms with Crippen molar-refractivity contribution >= 4 is 29.2 Å². The Morgan fingerprint density at radius 1 is 0.929 bits per heavy atom. The monoisotopic (exact) mass is 386 g/mol. The molecule has 1 aromatic heterocycles. The van der Waals surface area contributed by atoms with Gasteiger partial charge in [0, 0.05) is 0 Å². The summed E-state index contributed by atoms with van der Waals surface area (Å²) in [6, 6.07) is 20.7. The maximum absolute atomic E-state index is 5.23. The first kappa shape index (κ1) is 18.1. The van der Waals surface area contributed by atoms with Gasteiger partial charge in [-0.25, -0.2) is 0 Å². The fourth-order valence-corrected chi connectivity index (χ4v) is 3.68. The maximum atomic E-state index is 5.23. The number of allylic oxidation sites excluding steroid dienone is 1. The van der Waals surface area contributed by atoms with Crippen molar-refractivity contribution in [3.63, 3.8) is 0 Å². The van der Waals surface area contributed by atoms with Crippen molar-refractivity contribution in [3.05, 3.63) is 106 Å². The zero-order valence-electron chi connectivity index (χ0n) is 15.7. The molecule has 3 aromatic rings. The molecule has 1 unspecified atom stereocenters. The zero-order chi connectivity index (χ0) is 19.2. The molecule has 0 spiro atoms. The normalized spacial score (nSPS) is 16.5. The number of hydrogen-bond donors (Lipinski definition) is 1. The molecular formula is C24H22N2OS. The molecule has 1 atom stereocenters.